The van der Waals surface area contributed by atoms with Crippen molar-refractivity contribution in [3.8, 4) is 16.9 Å². The predicted molar refractivity (Wildman–Crippen MR) is 121 cm³/mol. The average Bonchev–Trinajstić information content (AvgIpc) is 3.06. The highest BCUT2D eigenvalue weighted by molar-refractivity contribution is 6.35. The molecule has 0 saturated heterocycles. The number of benzene rings is 2. The molecule has 0 spiro atoms. The molecule has 2 aromatic heterocycles. The van der Waals surface area contributed by atoms with Gasteiger partial charge < -0.3 is 5.32 Å². The Bertz CT molecular complexity index is 1220. The van der Waals surface area contributed by atoms with Gasteiger partial charge in [-0.25, -0.2) is 4.68 Å². The molecule has 0 bridgehead atoms. The third kappa shape index (κ3) is 4.05. The number of amides is 1. The van der Waals surface area contributed by atoms with E-state index in [1.165, 1.54) is 0 Å². The van der Waals surface area contributed by atoms with E-state index in [1.807, 2.05) is 19.1 Å². The second-order valence-corrected chi connectivity index (χ2v) is 7.81. The first-order chi connectivity index (χ1) is 14.4. The van der Waals surface area contributed by atoms with E-state index in [0.717, 1.165) is 11.3 Å². The summed E-state index contributed by atoms with van der Waals surface area (Å²) in [5.41, 5.74) is 3.73. The van der Waals surface area contributed by atoms with Crippen LogP contribution in [0.4, 0.5) is 5.69 Å². The van der Waals surface area contributed by atoms with E-state index in [-0.39, 0.29) is 11.6 Å². The van der Waals surface area contributed by atoms with Gasteiger partial charge in [-0.3, -0.25) is 9.78 Å². The average molecular weight is 458 g/mol. The standard InChI is InChI=1S/C22H15Cl3N4O/c1-13-20(22(30)27-17-3-2-10-26-12-17)28-29(19-9-8-16(24)11-18(19)25)21(13)14-4-6-15(23)7-5-14/h2-12H,1H3,(H,27,30). The highest BCUT2D eigenvalue weighted by Crippen LogP contribution is 2.33. The number of carbonyl (C=O) groups is 1. The van der Waals surface area contributed by atoms with Crippen LogP contribution in [0.3, 0.4) is 0 Å². The Hall–Kier alpha value is -2.86. The van der Waals surface area contributed by atoms with Gasteiger partial charge in [-0.2, -0.15) is 5.10 Å². The molecule has 0 fully saturated rings. The minimum absolute atomic E-state index is 0.273. The van der Waals surface area contributed by atoms with E-state index in [4.69, 9.17) is 34.8 Å². The lowest BCUT2D eigenvalue weighted by Crippen LogP contribution is -2.14. The van der Waals surface area contributed by atoms with E-state index in [2.05, 4.69) is 15.4 Å². The van der Waals surface area contributed by atoms with Crippen LogP contribution in [0.1, 0.15) is 16.1 Å². The third-order valence-electron chi connectivity index (χ3n) is 4.51. The lowest BCUT2D eigenvalue weighted by atomic mass is 10.1. The molecular formula is C22H15Cl3N4O. The molecular weight excluding hydrogens is 443 g/mol. The summed E-state index contributed by atoms with van der Waals surface area (Å²) in [6.07, 6.45) is 3.21. The van der Waals surface area contributed by atoms with Gasteiger partial charge in [-0.1, -0.05) is 46.9 Å². The summed E-state index contributed by atoms with van der Waals surface area (Å²) in [6, 6.07) is 15.9. The van der Waals surface area contributed by atoms with Crippen molar-refractivity contribution < 1.29 is 4.79 Å². The van der Waals surface area contributed by atoms with Crippen molar-refractivity contribution in [1.82, 2.24) is 14.8 Å². The fourth-order valence-electron chi connectivity index (χ4n) is 3.11. The van der Waals surface area contributed by atoms with E-state index < -0.39 is 0 Å². The summed E-state index contributed by atoms with van der Waals surface area (Å²) in [5.74, 6) is -0.348. The van der Waals surface area contributed by atoms with Crippen molar-refractivity contribution in [1.29, 1.82) is 0 Å². The van der Waals surface area contributed by atoms with Crippen molar-refractivity contribution in [2.75, 3.05) is 5.32 Å². The van der Waals surface area contributed by atoms with Crippen LogP contribution in [-0.2, 0) is 0 Å². The molecule has 2 aromatic carbocycles. The van der Waals surface area contributed by atoms with Gasteiger partial charge in [0.05, 0.1) is 28.3 Å². The number of nitrogens with one attached hydrogen (secondary N) is 1. The maximum Gasteiger partial charge on any atom is 0.276 e. The lowest BCUT2D eigenvalue weighted by Gasteiger charge is -2.11. The Labute approximate surface area is 188 Å². The van der Waals surface area contributed by atoms with Gasteiger partial charge in [0.25, 0.3) is 5.91 Å². The largest absolute Gasteiger partial charge is 0.319 e. The quantitative estimate of drug-likeness (QED) is 0.383. The molecule has 1 N–H and O–H groups in total. The number of hydrogen-bond donors (Lipinski definition) is 1. The third-order valence-corrected chi connectivity index (χ3v) is 5.30. The number of aromatic nitrogens is 3. The zero-order valence-corrected chi connectivity index (χ0v) is 18.0. The molecule has 2 heterocycles. The van der Waals surface area contributed by atoms with Gasteiger partial charge in [-0.05, 0) is 49.4 Å². The number of pyridine rings is 1. The number of rotatable bonds is 4. The zero-order chi connectivity index (χ0) is 21.3. The Morgan fingerprint density at radius 3 is 2.40 bits per heavy atom. The molecule has 0 unspecified atom stereocenters. The van der Waals surface area contributed by atoms with E-state index >= 15 is 0 Å². The van der Waals surface area contributed by atoms with Gasteiger partial charge in [0.2, 0.25) is 0 Å². The number of halogens is 3. The molecule has 0 aliphatic rings. The minimum atomic E-state index is -0.348. The molecule has 4 rings (SSSR count). The smallest absolute Gasteiger partial charge is 0.276 e. The number of nitrogens with zero attached hydrogens (tertiary/aromatic N) is 3. The maximum atomic E-state index is 13.0. The van der Waals surface area contributed by atoms with Crippen molar-refractivity contribution >= 4 is 46.4 Å². The fraction of sp³-hybridized carbons (Fsp3) is 0.0455. The Balaban J connectivity index is 1.86. The van der Waals surface area contributed by atoms with Crippen LogP contribution in [0.15, 0.2) is 67.0 Å². The van der Waals surface area contributed by atoms with E-state index in [9.17, 15) is 4.79 Å². The van der Waals surface area contributed by atoms with Crippen molar-refractivity contribution in [3.63, 3.8) is 0 Å². The van der Waals surface area contributed by atoms with Gasteiger partial charge in [0.15, 0.2) is 5.69 Å². The highest BCUT2D eigenvalue weighted by atomic mass is 35.5. The summed E-state index contributed by atoms with van der Waals surface area (Å²) in [4.78, 5) is 17.0. The second-order valence-electron chi connectivity index (χ2n) is 6.53. The molecule has 4 aromatic rings. The lowest BCUT2D eigenvalue weighted by molar-refractivity contribution is 0.102. The molecule has 0 atom stereocenters. The first kappa shape index (κ1) is 20.4. The summed E-state index contributed by atoms with van der Waals surface area (Å²) in [5, 5.41) is 8.95. The van der Waals surface area contributed by atoms with E-state index in [0.29, 0.717) is 32.0 Å². The number of carbonyl (C=O) groups excluding carboxylic acids is 1. The normalized spacial score (nSPS) is 10.8. The van der Waals surface area contributed by atoms with Gasteiger partial charge in [-0.15, -0.1) is 0 Å². The topological polar surface area (TPSA) is 59.8 Å². The Morgan fingerprint density at radius 1 is 1.00 bits per heavy atom. The molecule has 0 aliphatic carbocycles. The van der Waals surface area contributed by atoms with Crippen molar-refractivity contribution in [2.24, 2.45) is 0 Å². The van der Waals surface area contributed by atoms with Gasteiger partial charge in [0.1, 0.15) is 0 Å². The molecule has 150 valence electrons. The molecule has 1 amide bonds. The molecule has 5 nitrogen and oxygen atoms in total. The second kappa shape index (κ2) is 8.48. The van der Waals surface area contributed by atoms with Crippen LogP contribution >= 0.6 is 34.8 Å². The van der Waals surface area contributed by atoms with Crippen LogP contribution in [0.2, 0.25) is 15.1 Å². The van der Waals surface area contributed by atoms with Gasteiger partial charge in [0, 0.05) is 27.4 Å². The fourth-order valence-corrected chi connectivity index (χ4v) is 3.73. The first-order valence-corrected chi connectivity index (χ1v) is 10.1. The zero-order valence-electron chi connectivity index (χ0n) is 15.7. The van der Waals surface area contributed by atoms with Crippen LogP contribution in [0.25, 0.3) is 16.9 Å². The predicted octanol–water partition coefficient (Wildman–Crippen LogP) is 6.46. The van der Waals surface area contributed by atoms with E-state index in [1.54, 1.807) is 59.5 Å². The summed E-state index contributed by atoms with van der Waals surface area (Å²) < 4.78 is 1.65. The van der Waals surface area contributed by atoms with Crippen LogP contribution in [0.5, 0.6) is 0 Å². The number of anilines is 1. The minimum Gasteiger partial charge on any atom is -0.319 e. The maximum absolute atomic E-state index is 13.0. The summed E-state index contributed by atoms with van der Waals surface area (Å²) in [6.45, 7) is 1.84. The Kier molecular flexibility index (Phi) is 5.77. The molecule has 30 heavy (non-hydrogen) atoms. The molecule has 0 aliphatic heterocycles. The van der Waals surface area contributed by atoms with Crippen molar-refractivity contribution in [3.05, 3.63) is 93.3 Å². The summed E-state index contributed by atoms with van der Waals surface area (Å²) in [7, 11) is 0. The monoisotopic (exact) mass is 456 g/mol. The van der Waals surface area contributed by atoms with Crippen LogP contribution in [0, 0.1) is 6.92 Å². The number of hydrogen-bond acceptors (Lipinski definition) is 3. The SMILES string of the molecule is Cc1c(C(=O)Nc2cccnc2)nn(-c2ccc(Cl)cc2Cl)c1-c1ccc(Cl)cc1. The first-order valence-electron chi connectivity index (χ1n) is 8.96. The van der Waals surface area contributed by atoms with Gasteiger partial charge >= 0.3 is 0 Å². The van der Waals surface area contributed by atoms with Crippen LogP contribution < -0.4 is 5.32 Å². The highest BCUT2D eigenvalue weighted by Gasteiger charge is 2.23. The molecule has 8 heteroatoms. The summed E-state index contributed by atoms with van der Waals surface area (Å²) >= 11 is 18.6. The van der Waals surface area contributed by atoms with Crippen molar-refractivity contribution in [2.45, 2.75) is 6.92 Å². The van der Waals surface area contributed by atoms with Crippen LogP contribution in [-0.4, -0.2) is 20.7 Å². The Morgan fingerprint density at radius 2 is 1.73 bits per heavy atom. The molecule has 0 saturated carbocycles. The molecule has 0 radical (unpaired) electrons.